The Labute approximate surface area is 164 Å². The fourth-order valence-corrected chi connectivity index (χ4v) is 3.06. The van der Waals surface area contributed by atoms with E-state index in [-0.39, 0.29) is 19.0 Å². The van der Waals surface area contributed by atoms with E-state index in [4.69, 9.17) is 0 Å². The van der Waals surface area contributed by atoms with E-state index >= 15 is 0 Å². The molecule has 2 atom stereocenters. The lowest BCUT2D eigenvalue weighted by atomic mass is 10.1. The fourth-order valence-electron chi connectivity index (χ4n) is 3.06. The number of nitrogens with zero attached hydrogens (tertiary/aromatic N) is 3. The zero-order valence-electron chi connectivity index (χ0n) is 14.4. The van der Waals surface area contributed by atoms with E-state index in [1.807, 2.05) is 0 Å². The van der Waals surface area contributed by atoms with Gasteiger partial charge in [0.15, 0.2) is 0 Å². The van der Waals surface area contributed by atoms with Crippen molar-refractivity contribution in [1.82, 2.24) is 20.3 Å². The van der Waals surface area contributed by atoms with Crippen molar-refractivity contribution in [3.05, 3.63) is 48.4 Å². The molecule has 0 aromatic carbocycles. The highest BCUT2D eigenvalue weighted by Gasteiger charge is 2.31. The average molecular weight is 414 g/mol. The number of hydrogen-bond acceptors (Lipinski definition) is 5. The molecule has 1 aliphatic rings. The summed E-state index contributed by atoms with van der Waals surface area (Å²) in [4.78, 5) is 12.6. The number of anilines is 1. The summed E-state index contributed by atoms with van der Waals surface area (Å²) in [6.07, 6.45) is -1.63. The van der Waals surface area contributed by atoms with E-state index in [9.17, 15) is 17.6 Å². The Bertz CT molecular complexity index is 964. The van der Waals surface area contributed by atoms with Crippen molar-refractivity contribution in [2.45, 2.75) is 18.4 Å². The summed E-state index contributed by atoms with van der Waals surface area (Å²) in [5.74, 6) is 0.477. The van der Waals surface area contributed by atoms with Gasteiger partial charge in [-0.15, -0.1) is 12.4 Å². The molecule has 28 heavy (non-hydrogen) atoms. The van der Waals surface area contributed by atoms with Crippen LogP contribution in [0.4, 0.5) is 23.4 Å². The maximum absolute atomic E-state index is 13.9. The van der Waals surface area contributed by atoms with Crippen molar-refractivity contribution in [2.24, 2.45) is 0 Å². The molecule has 0 amide bonds. The number of alkyl halides is 4. The molecule has 0 saturated carbocycles. The van der Waals surface area contributed by atoms with E-state index in [0.29, 0.717) is 34.5 Å². The molecule has 0 aliphatic carbocycles. The monoisotopic (exact) mass is 413 g/mol. The van der Waals surface area contributed by atoms with Crippen LogP contribution in [-0.4, -0.2) is 40.3 Å². The first kappa shape index (κ1) is 20.2. The molecule has 0 radical (unpaired) electrons. The maximum atomic E-state index is 13.9. The molecule has 10 heteroatoms. The van der Waals surface area contributed by atoms with E-state index in [1.165, 1.54) is 12.3 Å². The standard InChI is InChI=1S/C18H15F4N5.ClH/c19-13-8-23-9-15(13)27-17-11-2-1-5-24-16(11)12(7-26-17)14-4-3-10(6-25-14)18(20,21)22;/h1-7,13,15,23H,8-9H2,(H,26,27);1H/t13-,15+;/m0./s1. The molecule has 4 heterocycles. The van der Waals surface area contributed by atoms with Gasteiger partial charge in [-0.2, -0.15) is 13.2 Å². The Morgan fingerprint density at radius 1 is 1.04 bits per heavy atom. The molecule has 0 unspecified atom stereocenters. The van der Waals surface area contributed by atoms with Crippen LogP contribution < -0.4 is 10.6 Å². The zero-order chi connectivity index (χ0) is 19.0. The molecule has 1 aliphatic heterocycles. The van der Waals surface area contributed by atoms with Crippen LogP contribution in [0.3, 0.4) is 0 Å². The highest BCUT2D eigenvalue weighted by atomic mass is 35.5. The predicted molar refractivity (Wildman–Crippen MR) is 100 cm³/mol. The number of aromatic nitrogens is 3. The molecule has 3 aromatic heterocycles. The maximum Gasteiger partial charge on any atom is 0.417 e. The molecule has 5 nitrogen and oxygen atoms in total. The Morgan fingerprint density at radius 2 is 1.86 bits per heavy atom. The van der Waals surface area contributed by atoms with Crippen molar-refractivity contribution >= 4 is 29.1 Å². The second kappa shape index (κ2) is 7.84. The van der Waals surface area contributed by atoms with Gasteiger partial charge in [0.05, 0.1) is 22.8 Å². The predicted octanol–water partition coefficient (Wildman–Crippen LogP) is 3.85. The van der Waals surface area contributed by atoms with E-state index in [1.54, 1.807) is 18.3 Å². The Morgan fingerprint density at radius 3 is 2.50 bits per heavy atom. The van der Waals surface area contributed by atoms with Crippen molar-refractivity contribution in [3.8, 4) is 11.3 Å². The normalized spacial score (nSPS) is 19.4. The second-order valence-electron chi connectivity index (χ2n) is 6.27. The van der Waals surface area contributed by atoms with Gasteiger partial charge in [0.25, 0.3) is 0 Å². The topological polar surface area (TPSA) is 62.7 Å². The number of halogens is 5. The van der Waals surface area contributed by atoms with Crippen LogP contribution in [0.2, 0.25) is 0 Å². The van der Waals surface area contributed by atoms with Gasteiger partial charge in [-0.05, 0) is 24.3 Å². The van der Waals surface area contributed by atoms with Crippen LogP contribution in [0.1, 0.15) is 5.56 Å². The van der Waals surface area contributed by atoms with Crippen LogP contribution in [-0.2, 0) is 6.18 Å². The molecule has 0 bridgehead atoms. The zero-order valence-corrected chi connectivity index (χ0v) is 15.2. The molecule has 3 aromatic rings. The minimum absolute atomic E-state index is 0. The first-order valence-corrected chi connectivity index (χ1v) is 8.32. The third kappa shape index (κ3) is 3.85. The van der Waals surface area contributed by atoms with Crippen molar-refractivity contribution < 1.29 is 17.6 Å². The summed E-state index contributed by atoms with van der Waals surface area (Å²) < 4.78 is 52.1. The van der Waals surface area contributed by atoms with Crippen LogP contribution in [0.5, 0.6) is 0 Å². The highest BCUT2D eigenvalue weighted by molar-refractivity contribution is 5.98. The van der Waals surface area contributed by atoms with Crippen molar-refractivity contribution in [2.75, 3.05) is 18.4 Å². The summed E-state index contributed by atoms with van der Waals surface area (Å²) in [7, 11) is 0. The Kier molecular flexibility index (Phi) is 5.66. The molecule has 1 saturated heterocycles. The lowest BCUT2D eigenvalue weighted by Gasteiger charge is -2.17. The van der Waals surface area contributed by atoms with Gasteiger partial charge in [0.2, 0.25) is 0 Å². The first-order valence-electron chi connectivity index (χ1n) is 8.32. The Hall–Kier alpha value is -2.52. The van der Waals surface area contributed by atoms with Gasteiger partial charge in [-0.1, -0.05) is 0 Å². The number of fused-ring (bicyclic) bond motifs is 1. The van der Waals surface area contributed by atoms with Crippen LogP contribution in [0.25, 0.3) is 22.2 Å². The molecule has 148 valence electrons. The van der Waals surface area contributed by atoms with E-state index in [0.717, 1.165) is 12.3 Å². The van der Waals surface area contributed by atoms with Crippen LogP contribution in [0, 0.1) is 0 Å². The van der Waals surface area contributed by atoms with E-state index < -0.39 is 24.0 Å². The Balaban J connectivity index is 0.00000225. The molecular weight excluding hydrogens is 398 g/mol. The fraction of sp³-hybridized carbons (Fsp3) is 0.278. The van der Waals surface area contributed by atoms with Crippen molar-refractivity contribution in [3.63, 3.8) is 0 Å². The summed E-state index contributed by atoms with van der Waals surface area (Å²) in [6, 6.07) is 5.36. The second-order valence-corrected chi connectivity index (χ2v) is 6.27. The quantitative estimate of drug-likeness (QED) is 0.638. The summed E-state index contributed by atoms with van der Waals surface area (Å²) in [5.41, 5.74) is 0.545. The van der Waals surface area contributed by atoms with Gasteiger partial charge < -0.3 is 10.6 Å². The SMILES string of the molecule is Cl.F[C@H]1CNC[C@H]1Nc1ncc(-c2ccc(C(F)(F)F)cn2)c2ncccc12. The van der Waals surface area contributed by atoms with Crippen LogP contribution in [0.15, 0.2) is 42.9 Å². The van der Waals surface area contributed by atoms with Gasteiger partial charge in [0, 0.05) is 42.6 Å². The number of rotatable bonds is 3. The minimum Gasteiger partial charge on any atom is -0.363 e. The minimum atomic E-state index is -4.45. The number of hydrogen-bond donors (Lipinski definition) is 2. The highest BCUT2D eigenvalue weighted by Crippen LogP contribution is 2.32. The van der Waals surface area contributed by atoms with Gasteiger partial charge in [0.1, 0.15) is 12.0 Å². The summed E-state index contributed by atoms with van der Waals surface area (Å²) >= 11 is 0. The molecule has 1 fully saturated rings. The molecule has 0 spiro atoms. The summed E-state index contributed by atoms with van der Waals surface area (Å²) in [5, 5.41) is 6.69. The average Bonchev–Trinajstić information content (AvgIpc) is 3.06. The third-order valence-corrected chi connectivity index (χ3v) is 4.47. The lowest BCUT2D eigenvalue weighted by molar-refractivity contribution is -0.137. The number of pyridine rings is 3. The smallest absolute Gasteiger partial charge is 0.363 e. The van der Waals surface area contributed by atoms with Crippen LogP contribution >= 0.6 is 12.4 Å². The van der Waals surface area contributed by atoms with Gasteiger partial charge in [-0.25, -0.2) is 9.37 Å². The largest absolute Gasteiger partial charge is 0.417 e. The van der Waals surface area contributed by atoms with Gasteiger partial charge >= 0.3 is 6.18 Å². The number of nitrogens with one attached hydrogen (secondary N) is 2. The van der Waals surface area contributed by atoms with E-state index in [2.05, 4.69) is 25.6 Å². The third-order valence-electron chi connectivity index (χ3n) is 4.47. The lowest BCUT2D eigenvalue weighted by Crippen LogP contribution is -2.29. The first-order chi connectivity index (χ1) is 12.9. The molecule has 2 N–H and O–H groups in total. The molecular formula is C18H16ClF4N5. The van der Waals surface area contributed by atoms with Gasteiger partial charge in [-0.3, -0.25) is 9.97 Å². The molecule has 4 rings (SSSR count). The van der Waals surface area contributed by atoms with Crippen molar-refractivity contribution in [1.29, 1.82) is 0 Å². The summed E-state index contributed by atoms with van der Waals surface area (Å²) in [6.45, 7) is 0.758.